The smallest absolute Gasteiger partial charge is 0.00992 e. The Kier molecular flexibility index (Phi) is 14.0. The second-order valence-electron chi connectivity index (χ2n) is 25.6. The van der Waals surface area contributed by atoms with Crippen LogP contribution >= 0.6 is 0 Å². The molecule has 0 heteroatoms. The maximum atomic E-state index is 2.33. The highest BCUT2D eigenvalue weighted by molar-refractivity contribution is 6.10. The van der Waals surface area contributed by atoms with Gasteiger partial charge >= 0.3 is 0 Å². The van der Waals surface area contributed by atoms with Gasteiger partial charge in [0, 0.05) is 0 Å². The standard InChI is InChI=1S/C50H32.C46H30/c1-3-8-35-26-39(14-12-33(35)6-1)37-10-5-11-38(28-37)45-22-24-49-47(31-45)20-21-48-32-46(23-25-50(48)49)44-19-18-42-29-41(16-17-43(42)30-44)40-15-13-34-7-2-4-9-36(34)27-40;1-3-10-33-26-36(18-16-31(33)8-1)35-12-7-13-41(29-35)43-24-25-44(46-15-6-5-14-45(43)46)42-23-22-39-28-38(20-21-40(39)30-42)37-19-17-32-9-2-4-11-34(32)27-37/h1-32H;1-30H. The molecule has 0 amide bonds. The molecule has 0 radical (unpaired) electrons. The Morgan fingerprint density at radius 1 is 0.0938 bits per heavy atom. The van der Waals surface area contributed by atoms with Crippen LogP contribution in [0.25, 0.3) is 186 Å². The van der Waals surface area contributed by atoms with Crippen molar-refractivity contribution in [3.63, 3.8) is 0 Å². The van der Waals surface area contributed by atoms with Crippen molar-refractivity contribution >= 4 is 97.0 Å². The maximum Gasteiger partial charge on any atom is -0.00992 e. The van der Waals surface area contributed by atoms with Gasteiger partial charge in [0.2, 0.25) is 0 Å². The summed E-state index contributed by atoms with van der Waals surface area (Å²) in [5, 5.41) is 22.8. The molecule has 19 aromatic carbocycles. The SMILES string of the molecule is c1cc(-c2ccc3ccccc3c2)cc(-c2ccc(-c3ccc4cc(-c5ccc6ccccc6c5)ccc4c3)c3ccccc23)c1.c1cc(-c2ccc3ccccc3c2)cc(-c2ccc3c(ccc4cc(-c5ccc6cc(-c7ccc8ccccc8c7)ccc6c5)ccc43)c2)c1. The van der Waals surface area contributed by atoms with E-state index >= 15 is 0 Å². The van der Waals surface area contributed by atoms with E-state index in [2.05, 4.69) is 376 Å². The van der Waals surface area contributed by atoms with Crippen LogP contribution in [0.5, 0.6) is 0 Å². The molecule has 19 rings (SSSR count). The first-order valence-electron chi connectivity index (χ1n) is 33.2. The largest absolute Gasteiger partial charge is 0.0616 e. The zero-order chi connectivity index (χ0) is 63.5. The minimum Gasteiger partial charge on any atom is -0.0616 e. The van der Waals surface area contributed by atoms with Crippen LogP contribution in [0.1, 0.15) is 0 Å². The Bertz CT molecular complexity index is 6280. The van der Waals surface area contributed by atoms with Gasteiger partial charge in [0.15, 0.2) is 0 Å². The van der Waals surface area contributed by atoms with Crippen LogP contribution in [0.3, 0.4) is 0 Å². The highest BCUT2D eigenvalue weighted by Crippen LogP contribution is 2.41. The van der Waals surface area contributed by atoms with Gasteiger partial charge in [0.05, 0.1) is 0 Å². The molecule has 0 atom stereocenters. The summed E-state index contributed by atoms with van der Waals surface area (Å²) >= 11 is 0. The molecule has 19 aromatic rings. The zero-order valence-corrected chi connectivity index (χ0v) is 52.8. The number of rotatable bonds is 8. The summed E-state index contributed by atoms with van der Waals surface area (Å²) in [4.78, 5) is 0. The van der Waals surface area contributed by atoms with Crippen molar-refractivity contribution in [2.75, 3.05) is 0 Å². The maximum absolute atomic E-state index is 2.33. The van der Waals surface area contributed by atoms with Crippen LogP contribution in [0.4, 0.5) is 0 Å². The van der Waals surface area contributed by atoms with E-state index in [1.807, 2.05) is 0 Å². The lowest BCUT2D eigenvalue weighted by Gasteiger charge is -2.14. The summed E-state index contributed by atoms with van der Waals surface area (Å²) < 4.78 is 0. The third kappa shape index (κ3) is 10.7. The van der Waals surface area contributed by atoms with Gasteiger partial charge in [-0.1, -0.05) is 303 Å². The summed E-state index contributed by atoms with van der Waals surface area (Å²) in [5.41, 5.74) is 19.8. The van der Waals surface area contributed by atoms with Gasteiger partial charge in [0.1, 0.15) is 0 Å². The van der Waals surface area contributed by atoms with Crippen LogP contribution in [0.15, 0.2) is 376 Å². The third-order valence-corrected chi connectivity index (χ3v) is 19.8. The van der Waals surface area contributed by atoms with Gasteiger partial charge in [-0.05, 0) is 259 Å². The van der Waals surface area contributed by atoms with Gasteiger partial charge in [-0.25, -0.2) is 0 Å². The topological polar surface area (TPSA) is 0 Å². The summed E-state index contributed by atoms with van der Waals surface area (Å²) in [5.74, 6) is 0. The molecule has 0 aromatic heterocycles. The second kappa shape index (κ2) is 23.9. The van der Waals surface area contributed by atoms with E-state index in [4.69, 9.17) is 0 Å². The minimum atomic E-state index is 1.23. The Morgan fingerprint density at radius 3 is 0.625 bits per heavy atom. The van der Waals surface area contributed by atoms with Gasteiger partial charge < -0.3 is 0 Å². The molecule has 96 heavy (non-hydrogen) atoms. The summed E-state index contributed by atoms with van der Waals surface area (Å²) in [6, 6.07) is 138. The van der Waals surface area contributed by atoms with Crippen LogP contribution in [0.2, 0.25) is 0 Å². The molecule has 0 saturated heterocycles. The molecular weight excluding hydrogens is 1150 g/mol. The highest BCUT2D eigenvalue weighted by atomic mass is 14.2. The monoisotopic (exact) mass is 1210 g/mol. The summed E-state index contributed by atoms with van der Waals surface area (Å²) in [6.07, 6.45) is 0. The van der Waals surface area contributed by atoms with Crippen LogP contribution in [-0.4, -0.2) is 0 Å². The number of fused-ring (bicyclic) bond motifs is 10. The first kappa shape index (κ1) is 56.3. The molecule has 0 heterocycles. The van der Waals surface area contributed by atoms with Crippen molar-refractivity contribution in [1.29, 1.82) is 0 Å². The molecule has 0 unspecified atom stereocenters. The molecule has 0 fully saturated rings. The van der Waals surface area contributed by atoms with Crippen LogP contribution < -0.4 is 0 Å². The minimum absolute atomic E-state index is 1.23. The average Bonchev–Trinajstić information content (AvgIpc) is 0.828. The lowest BCUT2D eigenvalue weighted by atomic mass is 9.90. The van der Waals surface area contributed by atoms with E-state index < -0.39 is 0 Å². The van der Waals surface area contributed by atoms with E-state index in [1.54, 1.807) is 0 Å². The Labute approximate surface area is 558 Å². The Morgan fingerprint density at radius 2 is 0.292 bits per heavy atom. The van der Waals surface area contributed by atoms with Crippen LogP contribution in [0, 0.1) is 0 Å². The fourth-order valence-corrected chi connectivity index (χ4v) is 14.7. The van der Waals surface area contributed by atoms with Gasteiger partial charge in [-0.3, -0.25) is 0 Å². The third-order valence-electron chi connectivity index (χ3n) is 19.8. The lowest BCUT2D eigenvalue weighted by molar-refractivity contribution is 1.61. The molecule has 0 aliphatic heterocycles. The van der Waals surface area contributed by atoms with E-state index in [0.717, 1.165) is 0 Å². The first-order chi connectivity index (χ1) is 47.5. The van der Waals surface area contributed by atoms with Gasteiger partial charge in [-0.15, -0.1) is 0 Å². The zero-order valence-electron chi connectivity index (χ0n) is 52.8. The second-order valence-corrected chi connectivity index (χ2v) is 25.6. The molecule has 446 valence electrons. The quantitative estimate of drug-likeness (QED) is 0.133. The molecule has 0 nitrogen and oxygen atoms in total. The predicted molar refractivity (Wildman–Crippen MR) is 414 cm³/mol. The molecule has 0 N–H and O–H groups in total. The summed E-state index contributed by atoms with van der Waals surface area (Å²) in [6.45, 7) is 0. The number of hydrogen-bond acceptors (Lipinski definition) is 0. The Balaban J connectivity index is 0.000000141. The van der Waals surface area contributed by atoms with Gasteiger partial charge in [0.25, 0.3) is 0 Å². The van der Waals surface area contributed by atoms with Crippen molar-refractivity contribution < 1.29 is 0 Å². The van der Waals surface area contributed by atoms with E-state index in [-0.39, 0.29) is 0 Å². The number of benzene rings is 19. The van der Waals surface area contributed by atoms with Crippen molar-refractivity contribution in [3.8, 4) is 89.0 Å². The van der Waals surface area contributed by atoms with E-state index in [9.17, 15) is 0 Å². The Hall–Kier alpha value is -12.5. The fraction of sp³-hybridized carbons (Fsp3) is 0. The normalized spacial score (nSPS) is 11.5. The molecule has 0 spiro atoms. The van der Waals surface area contributed by atoms with Crippen molar-refractivity contribution in [2.45, 2.75) is 0 Å². The highest BCUT2D eigenvalue weighted by Gasteiger charge is 2.14. The first-order valence-corrected chi connectivity index (χ1v) is 33.2. The van der Waals surface area contributed by atoms with Crippen molar-refractivity contribution in [3.05, 3.63) is 376 Å². The van der Waals surface area contributed by atoms with E-state index in [1.165, 1.54) is 186 Å². The lowest BCUT2D eigenvalue weighted by Crippen LogP contribution is -1.88. The molecule has 0 aliphatic rings. The molecule has 0 saturated carbocycles. The predicted octanol–water partition coefficient (Wildman–Crippen LogP) is 27.1. The fourth-order valence-electron chi connectivity index (χ4n) is 14.7. The molecular formula is C96H62. The van der Waals surface area contributed by atoms with Gasteiger partial charge in [-0.2, -0.15) is 0 Å². The van der Waals surface area contributed by atoms with Crippen molar-refractivity contribution in [1.82, 2.24) is 0 Å². The molecule has 0 aliphatic carbocycles. The van der Waals surface area contributed by atoms with Crippen LogP contribution in [-0.2, 0) is 0 Å². The average molecular weight is 1220 g/mol. The number of hydrogen-bond donors (Lipinski definition) is 0. The molecule has 0 bridgehead atoms. The van der Waals surface area contributed by atoms with Crippen molar-refractivity contribution in [2.24, 2.45) is 0 Å². The summed E-state index contributed by atoms with van der Waals surface area (Å²) in [7, 11) is 0. The van der Waals surface area contributed by atoms with E-state index in [0.29, 0.717) is 0 Å².